The van der Waals surface area contributed by atoms with Crippen molar-refractivity contribution in [3.63, 3.8) is 0 Å². The molecule has 0 radical (unpaired) electrons. The first kappa shape index (κ1) is 20.5. The third kappa shape index (κ3) is 3.58. The normalized spacial score (nSPS) is 34.8. The summed E-state index contributed by atoms with van der Waals surface area (Å²) in [4.78, 5) is 13.9. The summed E-state index contributed by atoms with van der Waals surface area (Å²) in [6, 6.07) is 1.90. The van der Waals surface area contributed by atoms with Crippen LogP contribution in [-0.2, 0) is 9.84 Å². The highest BCUT2D eigenvalue weighted by Crippen LogP contribution is 2.49. The number of nitrogens with zero attached hydrogens (tertiary/aromatic N) is 2. The molecule has 3 aliphatic heterocycles. The van der Waals surface area contributed by atoms with Crippen LogP contribution in [0.15, 0.2) is 10.6 Å². The van der Waals surface area contributed by atoms with Gasteiger partial charge in [-0.05, 0) is 77.4 Å². The van der Waals surface area contributed by atoms with Crippen LogP contribution < -0.4 is 10.6 Å². The van der Waals surface area contributed by atoms with Crippen molar-refractivity contribution in [3.05, 3.63) is 17.5 Å². The number of hydrogen-bond donors (Lipinski definition) is 2. The van der Waals surface area contributed by atoms with E-state index in [-0.39, 0.29) is 29.7 Å². The summed E-state index contributed by atoms with van der Waals surface area (Å²) in [5.41, 5.74) is 0.328. The average Bonchev–Trinajstić information content (AvgIpc) is 3.51. The predicted octanol–water partition coefficient (Wildman–Crippen LogP) is 1.65. The number of aromatic nitrogens is 1. The van der Waals surface area contributed by atoms with Crippen LogP contribution >= 0.6 is 0 Å². The minimum absolute atomic E-state index is 0.0399. The Kier molecular flexibility index (Phi) is 5.18. The van der Waals surface area contributed by atoms with Gasteiger partial charge >= 0.3 is 0 Å². The van der Waals surface area contributed by atoms with E-state index < -0.39 is 14.7 Å². The number of amides is 1. The molecule has 4 unspecified atom stereocenters. The number of hydrogen-bond acceptors (Lipinski definition) is 7. The highest BCUT2D eigenvalue weighted by Gasteiger charge is 2.60. The zero-order valence-corrected chi connectivity index (χ0v) is 18.4. The molecular formula is C21H32N4O4S. The lowest BCUT2D eigenvalue weighted by Crippen LogP contribution is -2.67. The van der Waals surface area contributed by atoms with Crippen LogP contribution in [0.2, 0.25) is 0 Å². The van der Waals surface area contributed by atoms with Gasteiger partial charge in [0.1, 0.15) is 10.6 Å². The van der Waals surface area contributed by atoms with Gasteiger partial charge in [0.2, 0.25) is 0 Å². The third-order valence-electron chi connectivity index (χ3n) is 7.69. The van der Waals surface area contributed by atoms with E-state index in [9.17, 15) is 13.2 Å². The molecule has 166 valence electrons. The van der Waals surface area contributed by atoms with Crippen LogP contribution in [0.1, 0.15) is 73.5 Å². The number of fused-ring (bicyclic) bond motifs is 3. The Balaban J connectivity index is 1.24. The number of sulfone groups is 1. The Bertz CT molecular complexity index is 906. The monoisotopic (exact) mass is 436 g/mol. The van der Waals surface area contributed by atoms with Crippen LogP contribution in [0.25, 0.3) is 0 Å². The lowest BCUT2D eigenvalue weighted by Gasteiger charge is -2.55. The lowest BCUT2D eigenvalue weighted by atomic mass is 9.91. The van der Waals surface area contributed by atoms with Gasteiger partial charge in [0.25, 0.3) is 5.91 Å². The molecule has 4 atom stereocenters. The van der Waals surface area contributed by atoms with Crippen LogP contribution in [-0.4, -0.2) is 67.2 Å². The number of piperidine rings is 1. The molecular weight excluding hydrogens is 404 g/mol. The number of carbonyl (C=O) groups is 1. The van der Waals surface area contributed by atoms with Gasteiger partial charge in [0.15, 0.2) is 15.5 Å². The largest absolute Gasteiger partial charge is 0.360 e. The summed E-state index contributed by atoms with van der Waals surface area (Å²) >= 11 is 0. The van der Waals surface area contributed by atoms with Crippen LogP contribution in [0.5, 0.6) is 0 Å². The second-order valence-corrected chi connectivity index (χ2v) is 12.1. The van der Waals surface area contributed by atoms with Gasteiger partial charge in [-0.15, -0.1) is 0 Å². The zero-order chi connectivity index (χ0) is 20.9. The van der Waals surface area contributed by atoms with E-state index in [0.717, 1.165) is 51.0 Å². The fourth-order valence-corrected chi connectivity index (χ4v) is 8.29. The Hall–Kier alpha value is -1.45. The van der Waals surface area contributed by atoms with E-state index in [0.29, 0.717) is 30.9 Å². The van der Waals surface area contributed by atoms with Crippen molar-refractivity contribution in [1.29, 1.82) is 0 Å². The smallest absolute Gasteiger partial charge is 0.273 e. The van der Waals surface area contributed by atoms with E-state index in [1.165, 1.54) is 0 Å². The summed E-state index contributed by atoms with van der Waals surface area (Å²) < 4.78 is 32.1. The maximum Gasteiger partial charge on any atom is 0.273 e. The van der Waals surface area contributed by atoms with Crippen molar-refractivity contribution in [2.75, 3.05) is 25.9 Å². The standard InChI is InChI=1S/C21H32N4O4S/c1-25-17-9-16(23-20(26)18-10-19(29-24-18)15-4-5-15)6-7-21(25,11-17)30(27,28)13-14-3-2-8-22-12-14/h10,14-17,22H,2-9,11-13H2,1H3,(H,23,26). The van der Waals surface area contributed by atoms with Gasteiger partial charge in [-0.1, -0.05) is 5.16 Å². The highest BCUT2D eigenvalue weighted by molar-refractivity contribution is 7.92. The topological polar surface area (TPSA) is 105 Å². The number of carbonyl (C=O) groups excluding carboxylic acids is 1. The predicted molar refractivity (Wildman–Crippen MR) is 112 cm³/mol. The molecule has 0 aromatic carbocycles. The molecule has 30 heavy (non-hydrogen) atoms. The quantitative estimate of drug-likeness (QED) is 0.699. The molecule has 2 N–H and O–H groups in total. The van der Waals surface area contributed by atoms with Crippen LogP contribution in [0.4, 0.5) is 0 Å². The molecule has 4 heterocycles. The second-order valence-electron chi connectivity index (χ2n) is 9.74. The van der Waals surface area contributed by atoms with Crippen molar-refractivity contribution in [3.8, 4) is 0 Å². The SMILES string of the molecule is CN1C2CC(NC(=O)c3cc(C4CC4)on3)CCC1(S(=O)(=O)CC1CCCNC1)C2. The summed E-state index contributed by atoms with van der Waals surface area (Å²) in [5, 5.41) is 10.3. The maximum atomic E-state index is 13.4. The molecule has 1 amide bonds. The van der Waals surface area contributed by atoms with Gasteiger partial charge in [0.05, 0.1) is 5.75 Å². The summed E-state index contributed by atoms with van der Waals surface area (Å²) in [6.07, 6.45) is 6.91. The second kappa shape index (κ2) is 7.60. The van der Waals surface area contributed by atoms with Gasteiger partial charge in [-0.3, -0.25) is 9.69 Å². The van der Waals surface area contributed by atoms with Gasteiger partial charge in [-0.25, -0.2) is 8.42 Å². The van der Waals surface area contributed by atoms with E-state index in [1.807, 2.05) is 7.05 Å². The van der Waals surface area contributed by atoms with Crippen molar-refractivity contribution < 1.29 is 17.7 Å². The first-order valence-corrected chi connectivity index (χ1v) is 13.0. The van der Waals surface area contributed by atoms with E-state index in [4.69, 9.17) is 4.52 Å². The average molecular weight is 437 g/mol. The molecule has 2 saturated carbocycles. The van der Waals surface area contributed by atoms with E-state index in [2.05, 4.69) is 20.7 Å². The molecule has 1 aromatic heterocycles. The minimum Gasteiger partial charge on any atom is -0.360 e. The highest BCUT2D eigenvalue weighted by atomic mass is 32.2. The molecule has 0 spiro atoms. The summed E-state index contributed by atoms with van der Waals surface area (Å²) in [5.74, 6) is 1.46. The fraction of sp³-hybridized carbons (Fsp3) is 0.810. The molecule has 2 bridgehead atoms. The van der Waals surface area contributed by atoms with Crippen LogP contribution in [0, 0.1) is 5.92 Å². The van der Waals surface area contributed by atoms with Crippen molar-refractivity contribution >= 4 is 15.7 Å². The first-order chi connectivity index (χ1) is 14.4. The summed E-state index contributed by atoms with van der Waals surface area (Å²) in [7, 11) is -1.31. The molecule has 8 nitrogen and oxygen atoms in total. The molecule has 5 aliphatic rings. The molecule has 1 aromatic rings. The number of nitrogens with one attached hydrogen (secondary N) is 2. The first-order valence-electron chi connectivity index (χ1n) is 11.3. The third-order valence-corrected chi connectivity index (χ3v) is 10.4. The molecule has 6 rings (SSSR count). The maximum absolute atomic E-state index is 13.4. The van der Waals surface area contributed by atoms with E-state index >= 15 is 0 Å². The zero-order valence-electron chi connectivity index (χ0n) is 17.6. The van der Waals surface area contributed by atoms with Gasteiger partial charge in [0, 0.05) is 24.1 Å². The van der Waals surface area contributed by atoms with Gasteiger partial charge in [-0.2, -0.15) is 0 Å². The van der Waals surface area contributed by atoms with Crippen molar-refractivity contribution in [2.24, 2.45) is 5.92 Å². The Morgan fingerprint density at radius 1 is 1.37 bits per heavy atom. The fourth-order valence-electron chi connectivity index (χ4n) is 5.62. The van der Waals surface area contributed by atoms with Crippen LogP contribution in [0.3, 0.4) is 0 Å². The molecule has 5 fully saturated rings. The molecule has 9 heteroatoms. The van der Waals surface area contributed by atoms with Crippen molar-refractivity contribution in [1.82, 2.24) is 20.7 Å². The van der Waals surface area contributed by atoms with Crippen molar-refractivity contribution in [2.45, 2.75) is 74.2 Å². The Morgan fingerprint density at radius 3 is 2.90 bits per heavy atom. The Morgan fingerprint density at radius 2 is 2.20 bits per heavy atom. The molecule has 2 aliphatic carbocycles. The molecule has 3 saturated heterocycles. The summed E-state index contributed by atoms with van der Waals surface area (Å²) in [6.45, 7) is 1.78. The number of rotatable bonds is 6. The Labute approximate surface area is 178 Å². The minimum atomic E-state index is -3.25. The van der Waals surface area contributed by atoms with Gasteiger partial charge < -0.3 is 15.2 Å². The van der Waals surface area contributed by atoms with E-state index in [1.54, 1.807) is 6.07 Å². The lowest BCUT2D eigenvalue weighted by molar-refractivity contribution is 0.0126.